The number of esters is 1. The van der Waals surface area contributed by atoms with Crippen LogP contribution in [0.1, 0.15) is 28.8 Å². The largest absolute Gasteiger partial charge is 0.456 e. The molecule has 5 nitrogen and oxygen atoms in total. The molecule has 0 bridgehead atoms. The molecule has 1 amide bonds. The summed E-state index contributed by atoms with van der Waals surface area (Å²) < 4.78 is 4.95. The fraction of sp³-hybridized carbons (Fsp3) is 0.278. The Labute approximate surface area is 155 Å². The van der Waals surface area contributed by atoms with Crippen LogP contribution in [0.5, 0.6) is 0 Å². The highest BCUT2D eigenvalue weighted by atomic mass is 35.5. The van der Waals surface area contributed by atoms with Gasteiger partial charge in [0.25, 0.3) is 5.91 Å². The second-order valence-electron chi connectivity index (χ2n) is 5.47. The van der Waals surface area contributed by atoms with E-state index in [1.54, 1.807) is 42.6 Å². The number of hydrogen-bond acceptors (Lipinski definition) is 5. The Morgan fingerprint density at radius 3 is 2.48 bits per heavy atom. The van der Waals surface area contributed by atoms with Gasteiger partial charge in [0.2, 0.25) is 0 Å². The fourth-order valence-electron chi connectivity index (χ4n) is 2.06. The van der Waals surface area contributed by atoms with Crippen LogP contribution < -0.4 is 0 Å². The van der Waals surface area contributed by atoms with Gasteiger partial charge in [0.15, 0.2) is 12.4 Å². The van der Waals surface area contributed by atoms with E-state index in [0.29, 0.717) is 17.1 Å². The smallest absolute Gasteiger partial charge is 0.306 e. The predicted octanol–water partition coefficient (Wildman–Crippen LogP) is 3.57. The van der Waals surface area contributed by atoms with E-state index in [1.807, 2.05) is 16.8 Å². The summed E-state index contributed by atoms with van der Waals surface area (Å²) in [6.07, 6.45) is -0.0393. The number of benzene rings is 1. The summed E-state index contributed by atoms with van der Waals surface area (Å²) in [5.74, 6) is -1.03. The van der Waals surface area contributed by atoms with Gasteiger partial charge in [-0.1, -0.05) is 11.6 Å². The summed E-state index contributed by atoms with van der Waals surface area (Å²) in [5, 5.41) is 4.44. The van der Waals surface area contributed by atoms with Crippen LogP contribution in [0.3, 0.4) is 0 Å². The Balaban J connectivity index is 1.70. The van der Waals surface area contributed by atoms with E-state index in [1.165, 1.54) is 4.90 Å². The van der Waals surface area contributed by atoms with E-state index in [4.69, 9.17) is 16.3 Å². The third kappa shape index (κ3) is 6.32. The van der Waals surface area contributed by atoms with Gasteiger partial charge in [-0.3, -0.25) is 14.4 Å². The van der Waals surface area contributed by atoms with Crippen molar-refractivity contribution in [1.29, 1.82) is 0 Å². The van der Waals surface area contributed by atoms with Crippen LogP contribution in [0, 0.1) is 0 Å². The summed E-state index contributed by atoms with van der Waals surface area (Å²) >= 11 is 7.32. The normalized spacial score (nSPS) is 10.3. The molecule has 0 unspecified atom stereocenters. The van der Waals surface area contributed by atoms with Crippen molar-refractivity contribution < 1.29 is 19.1 Å². The van der Waals surface area contributed by atoms with Crippen LogP contribution in [0.25, 0.3) is 0 Å². The minimum absolute atomic E-state index is 0.0272. The van der Waals surface area contributed by atoms with Crippen LogP contribution in [-0.2, 0) is 20.9 Å². The average Bonchev–Trinajstić information content (AvgIpc) is 3.11. The molecule has 0 saturated heterocycles. The van der Waals surface area contributed by atoms with Gasteiger partial charge < -0.3 is 9.64 Å². The molecule has 0 aliphatic rings. The van der Waals surface area contributed by atoms with E-state index in [2.05, 4.69) is 0 Å². The molecule has 0 N–H and O–H groups in total. The van der Waals surface area contributed by atoms with Crippen LogP contribution in [0.2, 0.25) is 5.02 Å². The standard InChI is InChI=1S/C18H18ClNO4S/c1-20(10-13-8-9-25-12-13)17(22)11-24-18(23)7-6-16(21)14-2-4-15(19)5-3-14/h2-5,8-9,12H,6-7,10-11H2,1H3. The molecule has 132 valence electrons. The fourth-order valence-corrected chi connectivity index (χ4v) is 2.85. The Morgan fingerprint density at radius 1 is 1.12 bits per heavy atom. The van der Waals surface area contributed by atoms with Crippen molar-refractivity contribution in [3.8, 4) is 0 Å². The number of hydrogen-bond donors (Lipinski definition) is 0. The first-order valence-corrected chi connectivity index (χ1v) is 8.97. The second-order valence-corrected chi connectivity index (χ2v) is 6.69. The number of halogens is 1. The molecule has 1 aromatic carbocycles. The lowest BCUT2D eigenvalue weighted by atomic mass is 10.1. The van der Waals surface area contributed by atoms with Crippen molar-refractivity contribution in [2.75, 3.05) is 13.7 Å². The molecule has 0 aliphatic carbocycles. The molecule has 1 aromatic heterocycles. The zero-order valence-corrected chi connectivity index (χ0v) is 15.3. The monoisotopic (exact) mass is 379 g/mol. The van der Waals surface area contributed by atoms with Crippen LogP contribution in [0.15, 0.2) is 41.1 Å². The molecule has 1 heterocycles. The van der Waals surface area contributed by atoms with Gasteiger partial charge in [0, 0.05) is 30.6 Å². The lowest BCUT2D eigenvalue weighted by Gasteiger charge is -2.16. The third-order valence-corrected chi connectivity index (χ3v) is 4.49. The highest BCUT2D eigenvalue weighted by Gasteiger charge is 2.14. The Hall–Kier alpha value is -2.18. The Morgan fingerprint density at radius 2 is 1.84 bits per heavy atom. The number of nitrogens with zero attached hydrogens (tertiary/aromatic N) is 1. The van der Waals surface area contributed by atoms with E-state index in [-0.39, 0.29) is 31.1 Å². The predicted molar refractivity (Wildman–Crippen MR) is 96.8 cm³/mol. The first kappa shape index (κ1) is 19.1. The van der Waals surface area contributed by atoms with Gasteiger partial charge in [-0.25, -0.2) is 0 Å². The van der Waals surface area contributed by atoms with Crippen LogP contribution in [-0.4, -0.2) is 36.2 Å². The van der Waals surface area contributed by atoms with Gasteiger partial charge in [0.05, 0.1) is 6.42 Å². The molecule has 2 rings (SSSR count). The number of Topliss-reactive ketones (excluding diaryl/α,β-unsaturated/α-hetero) is 1. The number of likely N-dealkylation sites (N-methyl/N-ethyl adjacent to an activating group) is 1. The Bertz CT molecular complexity index is 728. The summed E-state index contributed by atoms with van der Waals surface area (Å²) in [4.78, 5) is 37.1. The van der Waals surface area contributed by atoms with Crippen molar-refractivity contribution in [2.24, 2.45) is 0 Å². The van der Waals surface area contributed by atoms with Crippen molar-refractivity contribution in [3.05, 3.63) is 57.2 Å². The highest BCUT2D eigenvalue weighted by molar-refractivity contribution is 7.07. The lowest BCUT2D eigenvalue weighted by molar-refractivity contribution is -0.151. The van der Waals surface area contributed by atoms with Gasteiger partial charge >= 0.3 is 5.97 Å². The molecule has 7 heteroatoms. The molecular weight excluding hydrogens is 362 g/mol. The Kier molecular flexibility index (Phi) is 7.16. The van der Waals surface area contributed by atoms with Gasteiger partial charge in [0.1, 0.15) is 0 Å². The number of thiophene rings is 1. The minimum atomic E-state index is -0.570. The molecule has 0 saturated carbocycles. The van der Waals surface area contributed by atoms with Gasteiger partial charge in [-0.15, -0.1) is 0 Å². The topological polar surface area (TPSA) is 63.7 Å². The van der Waals surface area contributed by atoms with Crippen molar-refractivity contribution in [1.82, 2.24) is 4.90 Å². The number of ether oxygens (including phenoxy) is 1. The zero-order valence-electron chi connectivity index (χ0n) is 13.7. The van der Waals surface area contributed by atoms with Crippen molar-refractivity contribution in [3.63, 3.8) is 0 Å². The minimum Gasteiger partial charge on any atom is -0.456 e. The summed E-state index contributed by atoms with van der Waals surface area (Å²) in [6, 6.07) is 8.39. The van der Waals surface area contributed by atoms with Crippen molar-refractivity contribution in [2.45, 2.75) is 19.4 Å². The number of carbonyl (C=O) groups is 3. The summed E-state index contributed by atoms with van der Waals surface area (Å²) in [7, 11) is 1.65. The maximum Gasteiger partial charge on any atom is 0.306 e. The quantitative estimate of drug-likeness (QED) is 0.519. The maximum atomic E-state index is 12.0. The molecule has 0 aliphatic heterocycles. The molecule has 0 fully saturated rings. The van der Waals surface area contributed by atoms with E-state index < -0.39 is 5.97 Å². The number of ketones is 1. The van der Waals surface area contributed by atoms with Gasteiger partial charge in [-0.05, 0) is 46.7 Å². The second kappa shape index (κ2) is 9.34. The number of carbonyl (C=O) groups excluding carboxylic acids is 3. The first-order chi connectivity index (χ1) is 12.0. The molecular formula is C18H18ClNO4S. The molecule has 25 heavy (non-hydrogen) atoms. The van der Waals surface area contributed by atoms with Crippen LogP contribution >= 0.6 is 22.9 Å². The third-order valence-electron chi connectivity index (χ3n) is 3.50. The molecule has 2 aromatic rings. The lowest BCUT2D eigenvalue weighted by Crippen LogP contribution is -2.30. The van der Waals surface area contributed by atoms with Crippen molar-refractivity contribution >= 4 is 40.6 Å². The van der Waals surface area contributed by atoms with E-state index in [9.17, 15) is 14.4 Å². The van der Waals surface area contributed by atoms with Crippen LogP contribution in [0.4, 0.5) is 0 Å². The van der Waals surface area contributed by atoms with Gasteiger partial charge in [-0.2, -0.15) is 11.3 Å². The summed E-state index contributed by atoms with van der Waals surface area (Å²) in [6.45, 7) is 0.142. The average molecular weight is 380 g/mol. The number of rotatable bonds is 8. The SMILES string of the molecule is CN(Cc1ccsc1)C(=O)COC(=O)CCC(=O)c1ccc(Cl)cc1. The molecule has 0 atom stereocenters. The summed E-state index contributed by atoms with van der Waals surface area (Å²) in [5.41, 5.74) is 1.52. The zero-order chi connectivity index (χ0) is 18.2. The molecule has 0 spiro atoms. The highest BCUT2D eigenvalue weighted by Crippen LogP contribution is 2.12. The maximum absolute atomic E-state index is 12.0. The van der Waals surface area contributed by atoms with E-state index >= 15 is 0 Å². The van der Waals surface area contributed by atoms with E-state index in [0.717, 1.165) is 5.56 Å². The molecule has 0 radical (unpaired) electrons. The number of amides is 1. The first-order valence-electron chi connectivity index (χ1n) is 7.65.